The van der Waals surface area contributed by atoms with Crippen LogP contribution >= 0.6 is 0 Å². The molecule has 2 aromatic carbocycles. The Morgan fingerprint density at radius 1 is 1.03 bits per heavy atom. The van der Waals surface area contributed by atoms with Gasteiger partial charge in [-0.3, -0.25) is 14.6 Å². The van der Waals surface area contributed by atoms with Crippen molar-refractivity contribution in [2.75, 3.05) is 38.2 Å². The van der Waals surface area contributed by atoms with E-state index in [-0.39, 0.29) is 22.9 Å². The Hall–Kier alpha value is -3.94. The van der Waals surface area contributed by atoms with Crippen LogP contribution in [0.3, 0.4) is 0 Å². The Kier molecular flexibility index (Phi) is 6.71. The summed E-state index contributed by atoms with van der Waals surface area (Å²) in [7, 11) is 1.46. The standard InChI is InChI=1S/C31H33FN4O3/c1-39-24-5-6-25(27(32)19-24)29(37)34-28-7-4-21-2-3-22(18-26(21)28)30(38)36-17-12-31(20-36)10-15-35(16-11-31)23-8-13-33-14-9-23/h2-3,5-6,8-9,13-14,18-19,28H,4,7,10-12,15-17,20H2,1H3,(H,34,37). The molecule has 1 aliphatic carbocycles. The maximum absolute atomic E-state index is 14.5. The van der Waals surface area contributed by atoms with Crippen LogP contribution in [0.1, 0.15) is 63.6 Å². The number of carbonyl (C=O) groups is 2. The molecule has 1 aromatic heterocycles. The van der Waals surface area contributed by atoms with Crippen molar-refractivity contribution in [1.29, 1.82) is 0 Å². The first-order chi connectivity index (χ1) is 18.9. The summed E-state index contributed by atoms with van der Waals surface area (Å²) in [6.45, 7) is 3.52. The van der Waals surface area contributed by atoms with Crippen molar-refractivity contribution >= 4 is 17.5 Å². The molecule has 202 valence electrons. The van der Waals surface area contributed by atoms with Gasteiger partial charge >= 0.3 is 0 Å². The molecule has 1 N–H and O–H groups in total. The van der Waals surface area contributed by atoms with Gasteiger partial charge in [0.15, 0.2) is 0 Å². The molecular formula is C31H33FN4O3. The van der Waals surface area contributed by atoms with E-state index in [1.807, 2.05) is 35.5 Å². The van der Waals surface area contributed by atoms with E-state index >= 15 is 0 Å². The van der Waals surface area contributed by atoms with E-state index < -0.39 is 11.7 Å². The highest BCUT2D eigenvalue weighted by molar-refractivity contribution is 5.96. The van der Waals surface area contributed by atoms with Gasteiger partial charge in [-0.2, -0.15) is 0 Å². The first kappa shape index (κ1) is 25.3. The zero-order valence-corrected chi connectivity index (χ0v) is 22.2. The molecule has 6 rings (SSSR count). The Bertz CT molecular complexity index is 1390. The van der Waals surface area contributed by atoms with Gasteiger partial charge in [0.2, 0.25) is 0 Å². The second kappa shape index (κ2) is 10.3. The van der Waals surface area contributed by atoms with Crippen LogP contribution in [0.4, 0.5) is 10.1 Å². The van der Waals surface area contributed by atoms with E-state index in [4.69, 9.17) is 4.74 Å². The summed E-state index contributed by atoms with van der Waals surface area (Å²) in [5.41, 5.74) is 4.08. The van der Waals surface area contributed by atoms with Crippen LogP contribution in [-0.2, 0) is 6.42 Å². The fourth-order valence-corrected chi connectivity index (χ4v) is 6.42. The number of ether oxygens (including phenoxy) is 1. The van der Waals surface area contributed by atoms with Crippen LogP contribution < -0.4 is 15.0 Å². The van der Waals surface area contributed by atoms with E-state index in [9.17, 15) is 14.0 Å². The van der Waals surface area contributed by atoms with Gasteiger partial charge in [-0.1, -0.05) is 6.07 Å². The van der Waals surface area contributed by atoms with Crippen LogP contribution in [-0.4, -0.2) is 55.0 Å². The van der Waals surface area contributed by atoms with Crippen molar-refractivity contribution in [1.82, 2.24) is 15.2 Å². The number of halogens is 1. The molecule has 3 heterocycles. The van der Waals surface area contributed by atoms with E-state index in [2.05, 4.69) is 27.3 Å². The average molecular weight is 529 g/mol. The Labute approximate surface area is 228 Å². The number of anilines is 1. The molecular weight excluding hydrogens is 495 g/mol. The third-order valence-electron chi connectivity index (χ3n) is 8.77. The highest BCUT2D eigenvalue weighted by atomic mass is 19.1. The number of piperidine rings is 1. The summed E-state index contributed by atoms with van der Waals surface area (Å²) < 4.78 is 19.5. The topological polar surface area (TPSA) is 74.8 Å². The minimum absolute atomic E-state index is 0.0196. The van der Waals surface area contributed by atoms with Crippen LogP contribution in [0.2, 0.25) is 0 Å². The number of hydrogen-bond donors (Lipinski definition) is 1. The third-order valence-corrected chi connectivity index (χ3v) is 8.77. The predicted octanol–water partition coefficient (Wildman–Crippen LogP) is 4.78. The number of rotatable bonds is 5. The van der Waals surface area contributed by atoms with Crippen molar-refractivity contribution in [3.8, 4) is 5.75 Å². The van der Waals surface area contributed by atoms with Crippen molar-refractivity contribution in [3.05, 3.63) is 89.0 Å². The van der Waals surface area contributed by atoms with Crippen LogP contribution in [0.15, 0.2) is 60.9 Å². The fourth-order valence-electron chi connectivity index (χ4n) is 6.42. The van der Waals surface area contributed by atoms with Gasteiger partial charge in [-0.25, -0.2) is 4.39 Å². The number of aromatic nitrogens is 1. The van der Waals surface area contributed by atoms with E-state index in [1.165, 1.54) is 24.9 Å². The number of pyridine rings is 1. The number of likely N-dealkylation sites (tertiary alicyclic amines) is 1. The summed E-state index contributed by atoms with van der Waals surface area (Å²) in [6.07, 6.45) is 8.36. The lowest BCUT2D eigenvalue weighted by Gasteiger charge is -2.40. The molecule has 2 aliphatic heterocycles. The summed E-state index contributed by atoms with van der Waals surface area (Å²) in [5.74, 6) is -0.682. The lowest BCUT2D eigenvalue weighted by Crippen LogP contribution is -2.42. The van der Waals surface area contributed by atoms with E-state index in [1.54, 1.807) is 6.07 Å². The van der Waals surface area contributed by atoms with Gasteiger partial charge in [0.05, 0.1) is 18.7 Å². The van der Waals surface area contributed by atoms with Crippen molar-refractivity contribution in [2.45, 2.75) is 38.1 Å². The number of benzene rings is 2. The lowest BCUT2D eigenvalue weighted by atomic mass is 9.77. The van der Waals surface area contributed by atoms with Crippen LogP contribution in [0.25, 0.3) is 0 Å². The molecule has 8 heteroatoms. The molecule has 1 atom stereocenters. The third kappa shape index (κ3) is 4.95. The number of fused-ring (bicyclic) bond motifs is 1. The number of methoxy groups -OCH3 is 1. The first-order valence-electron chi connectivity index (χ1n) is 13.7. The van der Waals surface area contributed by atoms with E-state index in [0.717, 1.165) is 69.4 Å². The SMILES string of the molecule is COc1ccc(C(=O)NC2CCc3ccc(C(=O)N4CCC5(CCN(c6ccncc6)CC5)C4)cc32)c(F)c1. The van der Waals surface area contributed by atoms with Gasteiger partial charge in [0, 0.05) is 55.9 Å². The number of nitrogens with one attached hydrogen (secondary N) is 1. The summed E-state index contributed by atoms with van der Waals surface area (Å²) in [5, 5.41) is 2.98. The second-order valence-electron chi connectivity index (χ2n) is 11.0. The lowest BCUT2D eigenvalue weighted by molar-refractivity contribution is 0.0764. The summed E-state index contributed by atoms with van der Waals surface area (Å²) in [6, 6.07) is 13.9. The maximum Gasteiger partial charge on any atom is 0.254 e. The molecule has 1 spiro atoms. The number of amides is 2. The number of aryl methyl sites for hydroxylation is 1. The minimum Gasteiger partial charge on any atom is -0.497 e. The summed E-state index contributed by atoms with van der Waals surface area (Å²) >= 11 is 0. The molecule has 7 nitrogen and oxygen atoms in total. The quantitative estimate of drug-likeness (QED) is 0.516. The number of hydrogen-bond acceptors (Lipinski definition) is 5. The monoisotopic (exact) mass is 528 g/mol. The minimum atomic E-state index is -0.622. The molecule has 39 heavy (non-hydrogen) atoms. The molecule has 2 saturated heterocycles. The van der Waals surface area contributed by atoms with Crippen LogP contribution in [0, 0.1) is 11.2 Å². The molecule has 3 aliphatic rings. The second-order valence-corrected chi connectivity index (χ2v) is 11.0. The number of nitrogens with zero attached hydrogens (tertiary/aromatic N) is 3. The molecule has 1 unspecified atom stereocenters. The zero-order valence-electron chi connectivity index (χ0n) is 22.2. The van der Waals surface area contributed by atoms with Gasteiger partial charge in [0.1, 0.15) is 11.6 Å². The predicted molar refractivity (Wildman–Crippen MR) is 147 cm³/mol. The van der Waals surface area contributed by atoms with E-state index in [0.29, 0.717) is 11.3 Å². The Balaban J connectivity index is 1.11. The van der Waals surface area contributed by atoms with Gasteiger partial charge in [-0.05, 0) is 85.0 Å². The highest BCUT2D eigenvalue weighted by Crippen LogP contribution is 2.42. The van der Waals surface area contributed by atoms with Crippen LogP contribution in [0.5, 0.6) is 5.75 Å². The Morgan fingerprint density at radius 2 is 1.79 bits per heavy atom. The normalized spacial score (nSPS) is 19.7. The molecule has 3 aromatic rings. The number of carbonyl (C=O) groups excluding carboxylic acids is 2. The summed E-state index contributed by atoms with van der Waals surface area (Å²) in [4.78, 5) is 35.0. The maximum atomic E-state index is 14.5. The largest absolute Gasteiger partial charge is 0.497 e. The first-order valence-corrected chi connectivity index (χ1v) is 13.7. The fraction of sp³-hybridized carbons (Fsp3) is 0.387. The van der Waals surface area contributed by atoms with Crippen molar-refractivity contribution < 1.29 is 18.7 Å². The zero-order chi connectivity index (χ0) is 27.0. The molecule has 0 bridgehead atoms. The molecule has 2 amide bonds. The molecule has 2 fully saturated rings. The van der Waals surface area contributed by atoms with Gasteiger partial charge in [0.25, 0.3) is 11.8 Å². The highest BCUT2D eigenvalue weighted by Gasteiger charge is 2.42. The van der Waals surface area contributed by atoms with Crippen molar-refractivity contribution in [3.63, 3.8) is 0 Å². The molecule has 0 saturated carbocycles. The molecule has 0 radical (unpaired) electrons. The average Bonchev–Trinajstić information content (AvgIpc) is 3.57. The smallest absolute Gasteiger partial charge is 0.254 e. The van der Waals surface area contributed by atoms with Crippen molar-refractivity contribution in [2.24, 2.45) is 5.41 Å². The Morgan fingerprint density at radius 3 is 2.54 bits per heavy atom. The van der Waals surface area contributed by atoms with Gasteiger partial charge < -0.3 is 19.9 Å². The van der Waals surface area contributed by atoms with Gasteiger partial charge in [-0.15, -0.1) is 0 Å².